The van der Waals surface area contributed by atoms with E-state index >= 15 is 0 Å². The van der Waals surface area contributed by atoms with Crippen molar-refractivity contribution in [2.24, 2.45) is 0 Å². The molecule has 0 radical (unpaired) electrons. The molecule has 0 aliphatic carbocycles. The van der Waals surface area contributed by atoms with E-state index in [1.54, 1.807) is 0 Å². The molecule has 0 aromatic heterocycles. The van der Waals surface area contributed by atoms with Gasteiger partial charge in [-0.05, 0) is 25.7 Å². The van der Waals surface area contributed by atoms with Crippen LogP contribution in [0.2, 0.25) is 0 Å². The summed E-state index contributed by atoms with van der Waals surface area (Å²) in [5.41, 5.74) is 0. The number of aliphatic hydroxyl groups excluding tert-OH is 2. The average Bonchev–Trinajstić information content (AvgIpc) is 2.62. The van der Waals surface area contributed by atoms with Crippen LogP contribution in [-0.2, 0) is 0 Å². The fourth-order valence-electron chi connectivity index (χ4n) is 2.21. The van der Waals surface area contributed by atoms with Crippen LogP contribution in [0.25, 0.3) is 0 Å². The molecule has 2 atom stereocenters. The quantitative estimate of drug-likeness (QED) is 0.594. The Morgan fingerprint density at radius 3 is 2.31 bits per heavy atom. The molecule has 4 nitrogen and oxygen atoms in total. The van der Waals surface area contributed by atoms with Crippen LogP contribution in [0.1, 0.15) is 25.7 Å². The molecular formula is C9H18N2O2. The molecule has 0 aromatic rings. The van der Waals surface area contributed by atoms with Crippen LogP contribution < -0.4 is 0 Å². The molecule has 2 saturated heterocycles. The molecule has 2 aliphatic heterocycles. The highest BCUT2D eigenvalue weighted by molar-refractivity contribution is 4.77. The molecular weight excluding hydrogens is 168 g/mol. The second-order valence-corrected chi connectivity index (χ2v) is 3.95. The summed E-state index contributed by atoms with van der Waals surface area (Å²) < 4.78 is 0. The van der Waals surface area contributed by atoms with Crippen molar-refractivity contribution in [2.75, 3.05) is 19.6 Å². The van der Waals surface area contributed by atoms with Gasteiger partial charge < -0.3 is 10.2 Å². The van der Waals surface area contributed by atoms with E-state index in [0.29, 0.717) is 0 Å². The maximum atomic E-state index is 9.73. The van der Waals surface area contributed by atoms with E-state index in [-0.39, 0.29) is 0 Å². The molecule has 13 heavy (non-hydrogen) atoms. The maximum Gasteiger partial charge on any atom is 0.146 e. The Balaban J connectivity index is 1.95. The minimum Gasteiger partial charge on any atom is -0.389 e. The summed E-state index contributed by atoms with van der Waals surface area (Å²) >= 11 is 0. The van der Waals surface area contributed by atoms with Crippen molar-refractivity contribution in [3.63, 3.8) is 0 Å². The lowest BCUT2D eigenvalue weighted by atomic mass is 10.1. The van der Waals surface area contributed by atoms with E-state index in [2.05, 4.69) is 5.01 Å². The van der Waals surface area contributed by atoms with Gasteiger partial charge in [-0.2, -0.15) is 0 Å². The van der Waals surface area contributed by atoms with Gasteiger partial charge in [0.25, 0.3) is 0 Å². The Hall–Kier alpha value is -0.160. The standard InChI is InChI=1S/C9H18N2O2/c12-8-4-3-7-11(9(8)13)10-5-1-2-6-10/h8-9,12-13H,1-7H2. The average molecular weight is 186 g/mol. The van der Waals surface area contributed by atoms with Crippen LogP contribution in [0.4, 0.5) is 0 Å². The molecule has 0 saturated carbocycles. The van der Waals surface area contributed by atoms with Gasteiger partial charge in [-0.15, -0.1) is 0 Å². The zero-order chi connectivity index (χ0) is 9.26. The lowest BCUT2D eigenvalue weighted by Crippen LogP contribution is -2.55. The Bertz CT molecular complexity index is 169. The molecule has 0 amide bonds. The van der Waals surface area contributed by atoms with Crippen molar-refractivity contribution in [1.29, 1.82) is 0 Å². The van der Waals surface area contributed by atoms with Crippen molar-refractivity contribution in [3.05, 3.63) is 0 Å². The smallest absolute Gasteiger partial charge is 0.146 e. The van der Waals surface area contributed by atoms with Crippen LogP contribution in [0.15, 0.2) is 0 Å². The SMILES string of the molecule is OC1CCCN(N2CCCC2)C1O. The molecule has 0 bridgehead atoms. The third-order valence-corrected chi connectivity index (χ3v) is 2.98. The fraction of sp³-hybridized carbons (Fsp3) is 1.00. The Kier molecular flexibility index (Phi) is 2.83. The zero-order valence-corrected chi connectivity index (χ0v) is 7.89. The highest BCUT2D eigenvalue weighted by Crippen LogP contribution is 2.21. The van der Waals surface area contributed by atoms with Gasteiger partial charge in [-0.25, -0.2) is 10.0 Å². The van der Waals surface area contributed by atoms with Crippen molar-refractivity contribution >= 4 is 0 Å². The van der Waals surface area contributed by atoms with E-state index < -0.39 is 12.3 Å². The third-order valence-electron chi connectivity index (χ3n) is 2.98. The number of hydrazine groups is 1. The Morgan fingerprint density at radius 1 is 0.923 bits per heavy atom. The predicted molar refractivity (Wildman–Crippen MR) is 48.8 cm³/mol. The van der Waals surface area contributed by atoms with Gasteiger partial charge >= 0.3 is 0 Å². The number of aliphatic hydroxyl groups is 2. The largest absolute Gasteiger partial charge is 0.389 e. The predicted octanol–water partition coefficient (Wildman–Crippen LogP) is -0.228. The highest BCUT2D eigenvalue weighted by Gasteiger charge is 2.32. The summed E-state index contributed by atoms with van der Waals surface area (Å²) in [4.78, 5) is 0. The Morgan fingerprint density at radius 2 is 1.62 bits per heavy atom. The van der Waals surface area contributed by atoms with Crippen LogP contribution in [0, 0.1) is 0 Å². The second kappa shape index (κ2) is 3.92. The van der Waals surface area contributed by atoms with Crippen LogP contribution in [-0.4, -0.2) is 52.2 Å². The molecule has 4 heteroatoms. The number of piperidine rings is 1. The molecule has 2 fully saturated rings. The van der Waals surface area contributed by atoms with E-state index in [4.69, 9.17) is 0 Å². The summed E-state index contributed by atoms with van der Waals surface area (Å²) in [7, 11) is 0. The zero-order valence-electron chi connectivity index (χ0n) is 7.89. The lowest BCUT2D eigenvalue weighted by Gasteiger charge is -2.40. The molecule has 2 aliphatic rings. The summed E-state index contributed by atoms with van der Waals surface area (Å²) in [5.74, 6) is 0. The van der Waals surface area contributed by atoms with Crippen LogP contribution >= 0.6 is 0 Å². The van der Waals surface area contributed by atoms with Crippen molar-refractivity contribution < 1.29 is 10.2 Å². The Labute approximate surface area is 78.7 Å². The monoisotopic (exact) mass is 186 g/mol. The summed E-state index contributed by atoms with van der Waals surface area (Å²) in [6, 6.07) is 0. The fourth-order valence-corrected chi connectivity index (χ4v) is 2.21. The van der Waals surface area contributed by atoms with Crippen molar-refractivity contribution in [1.82, 2.24) is 10.0 Å². The van der Waals surface area contributed by atoms with Gasteiger partial charge in [0, 0.05) is 19.6 Å². The van der Waals surface area contributed by atoms with E-state index in [0.717, 1.165) is 32.5 Å². The van der Waals surface area contributed by atoms with Gasteiger partial charge in [-0.3, -0.25) is 0 Å². The first-order valence-corrected chi connectivity index (χ1v) is 5.16. The van der Waals surface area contributed by atoms with Gasteiger partial charge in [-0.1, -0.05) is 0 Å². The molecule has 2 heterocycles. The van der Waals surface area contributed by atoms with Crippen molar-refractivity contribution in [3.8, 4) is 0 Å². The maximum absolute atomic E-state index is 9.73. The van der Waals surface area contributed by atoms with Crippen LogP contribution in [0.3, 0.4) is 0 Å². The third kappa shape index (κ3) is 1.86. The number of nitrogens with zero attached hydrogens (tertiary/aromatic N) is 2. The first kappa shape index (κ1) is 9.40. The van der Waals surface area contributed by atoms with Gasteiger partial charge in [0.1, 0.15) is 6.23 Å². The number of rotatable bonds is 1. The summed E-state index contributed by atoms with van der Waals surface area (Å²) in [6.07, 6.45) is 2.89. The molecule has 2 rings (SSSR count). The van der Waals surface area contributed by atoms with Crippen LogP contribution in [0.5, 0.6) is 0 Å². The normalized spacial score (nSPS) is 38.3. The minimum absolute atomic E-state index is 0.561. The van der Waals surface area contributed by atoms with E-state index in [9.17, 15) is 10.2 Å². The number of hydrogen-bond acceptors (Lipinski definition) is 4. The minimum atomic E-state index is -0.674. The van der Waals surface area contributed by atoms with E-state index in [1.807, 2.05) is 5.01 Å². The topological polar surface area (TPSA) is 46.9 Å². The molecule has 0 spiro atoms. The first-order chi connectivity index (χ1) is 6.29. The summed E-state index contributed by atoms with van der Waals surface area (Å²) in [5, 5.41) is 23.3. The molecule has 2 N–H and O–H groups in total. The van der Waals surface area contributed by atoms with Gasteiger partial charge in [0.2, 0.25) is 0 Å². The van der Waals surface area contributed by atoms with Gasteiger partial charge in [0.05, 0.1) is 6.10 Å². The van der Waals surface area contributed by atoms with Crippen molar-refractivity contribution in [2.45, 2.75) is 38.0 Å². The molecule has 76 valence electrons. The first-order valence-electron chi connectivity index (χ1n) is 5.16. The molecule has 0 aromatic carbocycles. The molecule has 2 unspecified atom stereocenters. The highest BCUT2D eigenvalue weighted by atomic mass is 16.4. The number of hydrogen-bond donors (Lipinski definition) is 2. The lowest BCUT2D eigenvalue weighted by molar-refractivity contribution is -0.192. The summed E-state index contributed by atoms with van der Waals surface area (Å²) in [6.45, 7) is 2.95. The second-order valence-electron chi connectivity index (χ2n) is 3.95. The van der Waals surface area contributed by atoms with Gasteiger partial charge in [0.15, 0.2) is 0 Å². The van der Waals surface area contributed by atoms with E-state index in [1.165, 1.54) is 12.8 Å².